The van der Waals surface area contributed by atoms with Crippen LogP contribution in [0.1, 0.15) is 47.3 Å². The van der Waals surface area contributed by atoms with Crippen molar-refractivity contribution in [2.45, 2.75) is 37.1 Å². The predicted octanol–water partition coefficient (Wildman–Crippen LogP) is 3.16. The van der Waals surface area contributed by atoms with Crippen molar-refractivity contribution in [3.63, 3.8) is 0 Å². The molecule has 1 amide bonds. The van der Waals surface area contributed by atoms with Gasteiger partial charge in [0.1, 0.15) is 0 Å². The summed E-state index contributed by atoms with van der Waals surface area (Å²) in [4.78, 5) is 25.1. The normalized spacial score (nSPS) is 16.9. The number of nitrogens with one attached hydrogen (secondary N) is 1. The number of rotatable bonds is 6. The molecule has 1 N–H and O–H groups in total. The molecule has 2 aromatic carbocycles. The lowest BCUT2D eigenvalue weighted by atomic mass is 9.88. The van der Waals surface area contributed by atoms with Gasteiger partial charge in [0, 0.05) is 5.75 Å². The lowest BCUT2D eigenvalue weighted by Crippen LogP contribution is -2.34. The van der Waals surface area contributed by atoms with Crippen molar-refractivity contribution in [2.24, 2.45) is 0 Å². The molecule has 0 aromatic heterocycles. The summed E-state index contributed by atoms with van der Waals surface area (Å²) in [7, 11) is -1.27. The maximum Gasteiger partial charge on any atom is 0.339 e. The van der Waals surface area contributed by atoms with Crippen LogP contribution < -0.4 is 5.32 Å². The third-order valence-corrected chi connectivity index (χ3v) is 6.02. The molecular weight excluding hydrogens is 362 g/mol. The van der Waals surface area contributed by atoms with Crippen LogP contribution in [0.5, 0.6) is 0 Å². The fourth-order valence-electron chi connectivity index (χ4n) is 3.34. The first-order valence-corrected chi connectivity index (χ1v) is 10.4. The van der Waals surface area contributed by atoms with Crippen LogP contribution in [0.25, 0.3) is 0 Å². The smallest absolute Gasteiger partial charge is 0.339 e. The number of ether oxygens (including phenoxy) is 1. The monoisotopic (exact) mass is 385 g/mol. The van der Waals surface area contributed by atoms with Crippen molar-refractivity contribution in [2.75, 3.05) is 12.4 Å². The fourth-order valence-corrected chi connectivity index (χ4v) is 4.28. The molecule has 0 heterocycles. The summed E-state index contributed by atoms with van der Waals surface area (Å²) >= 11 is 0. The van der Waals surface area contributed by atoms with Gasteiger partial charge in [0.05, 0.1) is 27.3 Å². The Hall–Kier alpha value is -2.47. The molecule has 0 fully saturated rings. The summed E-state index contributed by atoms with van der Waals surface area (Å²) in [6.07, 6.45) is 2.90. The first kappa shape index (κ1) is 19.3. The van der Waals surface area contributed by atoms with E-state index in [0.29, 0.717) is 10.6 Å². The van der Waals surface area contributed by atoms with E-state index in [1.165, 1.54) is 5.56 Å². The Morgan fingerprint density at radius 1 is 1.15 bits per heavy atom. The van der Waals surface area contributed by atoms with Crippen molar-refractivity contribution in [1.29, 1.82) is 0 Å². The van der Waals surface area contributed by atoms with Gasteiger partial charge in [-0.25, -0.2) is 4.79 Å². The van der Waals surface area contributed by atoms with Crippen LogP contribution >= 0.6 is 0 Å². The zero-order chi connectivity index (χ0) is 19.2. The van der Waals surface area contributed by atoms with Crippen molar-refractivity contribution in [3.05, 3.63) is 65.2 Å². The van der Waals surface area contributed by atoms with Gasteiger partial charge in [0.2, 0.25) is 0 Å². The maximum absolute atomic E-state index is 12.3. The average molecular weight is 385 g/mol. The highest BCUT2D eigenvalue weighted by Gasteiger charge is 2.22. The number of aryl methyl sites for hydroxylation is 1. The van der Waals surface area contributed by atoms with Crippen LogP contribution in [-0.4, -0.2) is 28.4 Å². The van der Waals surface area contributed by atoms with E-state index in [2.05, 4.69) is 11.4 Å². The van der Waals surface area contributed by atoms with Crippen LogP contribution in [-0.2, 0) is 26.8 Å². The van der Waals surface area contributed by atoms with Crippen molar-refractivity contribution in [3.8, 4) is 0 Å². The summed E-state index contributed by atoms with van der Waals surface area (Å²) < 4.78 is 17.2. The van der Waals surface area contributed by atoms with Gasteiger partial charge in [0.15, 0.2) is 6.61 Å². The first-order chi connectivity index (χ1) is 13.1. The summed E-state index contributed by atoms with van der Waals surface area (Å²) in [5.41, 5.74) is 2.63. The zero-order valence-corrected chi connectivity index (χ0v) is 16.1. The lowest BCUT2D eigenvalue weighted by molar-refractivity contribution is -0.125. The van der Waals surface area contributed by atoms with Crippen LogP contribution in [0.15, 0.2) is 53.4 Å². The van der Waals surface area contributed by atoms with Gasteiger partial charge in [-0.05, 0) is 42.5 Å². The third-order valence-electron chi connectivity index (χ3n) is 4.65. The molecule has 1 aliphatic rings. The second kappa shape index (κ2) is 8.95. The van der Waals surface area contributed by atoms with Crippen LogP contribution in [0.4, 0.5) is 0 Å². The van der Waals surface area contributed by atoms with Crippen LogP contribution in [0.3, 0.4) is 0 Å². The maximum atomic E-state index is 12.3. The number of benzene rings is 2. The van der Waals surface area contributed by atoms with E-state index in [1.807, 2.05) is 18.2 Å². The minimum Gasteiger partial charge on any atom is -0.452 e. The highest BCUT2D eigenvalue weighted by atomic mass is 32.2. The number of carbonyl (C=O) groups is 2. The van der Waals surface area contributed by atoms with E-state index in [1.54, 1.807) is 31.2 Å². The second-order valence-corrected chi connectivity index (χ2v) is 8.13. The van der Waals surface area contributed by atoms with E-state index in [9.17, 15) is 13.8 Å². The van der Waals surface area contributed by atoms with Crippen LogP contribution in [0, 0.1) is 0 Å². The largest absolute Gasteiger partial charge is 0.452 e. The van der Waals surface area contributed by atoms with E-state index < -0.39 is 16.8 Å². The average Bonchev–Trinajstić information content (AvgIpc) is 2.71. The minimum atomic E-state index is -1.27. The third kappa shape index (κ3) is 4.63. The summed E-state index contributed by atoms with van der Waals surface area (Å²) in [6.45, 7) is 1.43. The van der Waals surface area contributed by atoms with Gasteiger partial charge in [-0.1, -0.05) is 43.3 Å². The SMILES string of the molecule is CC[S@](=O)c1ccccc1C(=O)OCC(=O)N[C@H]1CCCc2ccccc21. The first-order valence-electron chi connectivity index (χ1n) is 9.12. The van der Waals surface area contributed by atoms with Crippen molar-refractivity contribution in [1.82, 2.24) is 5.32 Å². The Labute approximate surface area is 161 Å². The van der Waals surface area contributed by atoms with Crippen LogP contribution in [0.2, 0.25) is 0 Å². The Balaban J connectivity index is 1.61. The van der Waals surface area contributed by atoms with E-state index in [4.69, 9.17) is 4.74 Å². The molecule has 2 atom stereocenters. The predicted molar refractivity (Wildman–Crippen MR) is 104 cm³/mol. The second-order valence-electron chi connectivity index (χ2n) is 6.42. The molecule has 6 heteroatoms. The molecule has 0 saturated heterocycles. The van der Waals surface area contributed by atoms with Crippen molar-refractivity contribution < 1.29 is 18.5 Å². The quantitative estimate of drug-likeness (QED) is 0.776. The molecular formula is C21H23NO4S. The van der Waals surface area contributed by atoms with Gasteiger partial charge in [-0.3, -0.25) is 9.00 Å². The summed E-state index contributed by atoms with van der Waals surface area (Å²) in [5.74, 6) is -0.558. The molecule has 142 valence electrons. The molecule has 0 bridgehead atoms. The number of hydrogen-bond acceptors (Lipinski definition) is 4. The van der Waals surface area contributed by atoms with E-state index >= 15 is 0 Å². The van der Waals surface area contributed by atoms with Gasteiger partial charge >= 0.3 is 5.97 Å². The Morgan fingerprint density at radius 2 is 1.89 bits per heavy atom. The van der Waals surface area contributed by atoms with Gasteiger partial charge in [0.25, 0.3) is 5.91 Å². The topological polar surface area (TPSA) is 72.5 Å². The number of esters is 1. The van der Waals surface area contributed by atoms with E-state index in [0.717, 1.165) is 24.8 Å². The van der Waals surface area contributed by atoms with E-state index in [-0.39, 0.29) is 24.1 Å². The number of carbonyl (C=O) groups excluding carboxylic acids is 2. The lowest BCUT2D eigenvalue weighted by Gasteiger charge is -2.26. The number of hydrogen-bond donors (Lipinski definition) is 1. The Morgan fingerprint density at radius 3 is 2.70 bits per heavy atom. The Kier molecular flexibility index (Phi) is 6.40. The summed E-state index contributed by atoms with van der Waals surface area (Å²) in [6, 6.07) is 14.7. The van der Waals surface area contributed by atoms with Crippen molar-refractivity contribution >= 4 is 22.7 Å². The number of amides is 1. The highest BCUT2D eigenvalue weighted by Crippen LogP contribution is 2.29. The zero-order valence-electron chi connectivity index (χ0n) is 15.3. The fraction of sp³-hybridized carbons (Fsp3) is 0.333. The molecule has 27 heavy (non-hydrogen) atoms. The molecule has 0 spiro atoms. The van der Waals surface area contributed by atoms with Gasteiger partial charge < -0.3 is 10.1 Å². The number of fused-ring (bicyclic) bond motifs is 1. The molecule has 0 aliphatic heterocycles. The van der Waals surface area contributed by atoms with Gasteiger partial charge in [-0.15, -0.1) is 0 Å². The molecule has 0 saturated carbocycles. The minimum absolute atomic E-state index is 0.0546. The molecule has 0 radical (unpaired) electrons. The Bertz CT molecular complexity index is 865. The summed E-state index contributed by atoms with van der Waals surface area (Å²) in [5, 5.41) is 2.95. The molecule has 2 aromatic rings. The molecule has 0 unspecified atom stereocenters. The highest BCUT2D eigenvalue weighted by molar-refractivity contribution is 7.85. The standard InChI is InChI=1S/C21H23NO4S/c1-2-27(25)19-13-6-5-11-17(19)21(24)26-14-20(23)22-18-12-7-9-15-8-3-4-10-16(15)18/h3-6,8,10-11,13,18H,2,7,9,12,14H2,1H3,(H,22,23)/t18-,27-/m0/s1. The molecule has 5 nitrogen and oxygen atoms in total. The van der Waals surface area contributed by atoms with Gasteiger partial charge in [-0.2, -0.15) is 0 Å². The molecule has 1 aliphatic carbocycles. The molecule has 3 rings (SSSR count).